The molecule has 0 saturated carbocycles. The molecule has 1 aliphatic rings. The van der Waals surface area contributed by atoms with Gasteiger partial charge in [-0.2, -0.15) is 0 Å². The number of benzene rings is 1. The summed E-state index contributed by atoms with van der Waals surface area (Å²) in [6.45, 7) is 9.91. The molecular formula is C22H33N5O. The molecule has 1 aromatic heterocycles. The Hall–Kier alpha value is -2.21. The van der Waals surface area contributed by atoms with E-state index < -0.39 is 0 Å². The summed E-state index contributed by atoms with van der Waals surface area (Å²) < 4.78 is 2.24. The van der Waals surface area contributed by atoms with Crippen LogP contribution in [-0.2, 0) is 24.2 Å². The van der Waals surface area contributed by atoms with Crippen molar-refractivity contribution >= 4 is 5.91 Å². The van der Waals surface area contributed by atoms with Crippen LogP contribution in [0.1, 0.15) is 56.9 Å². The molecule has 1 atom stereocenters. The minimum Gasteiger partial charge on any atom is -0.346 e. The van der Waals surface area contributed by atoms with Gasteiger partial charge < -0.3 is 14.8 Å². The second kappa shape index (κ2) is 9.82. The molecule has 28 heavy (non-hydrogen) atoms. The fourth-order valence-corrected chi connectivity index (χ4v) is 3.97. The summed E-state index contributed by atoms with van der Waals surface area (Å²) in [5.41, 5.74) is 1.41. The lowest BCUT2D eigenvalue weighted by Crippen LogP contribution is -2.31. The fourth-order valence-electron chi connectivity index (χ4n) is 3.97. The number of aromatic nitrogens is 3. The number of carbonyl (C=O) groups is 1. The molecular weight excluding hydrogens is 350 g/mol. The zero-order valence-corrected chi connectivity index (χ0v) is 17.4. The summed E-state index contributed by atoms with van der Waals surface area (Å²) in [4.78, 5) is 14.2. The summed E-state index contributed by atoms with van der Waals surface area (Å²) in [6, 6.07) is 10.6. The van der Waals surface area contributed by atoms with Gasteiger partial charge in [-0.05, 0) is 37.3 Å². The number of amides is 1. The third-order valence-electron chi connectivity index (χ3n) is 5.33. The predicted octanol–water partition coefficient (Wildman–Crippen LogP) is 2.99. The highest BCUT2D eigenvalue weighted by Crippen LogP contribution is 2.22. The third kappa shape index (κ3) is 5.64. The van der Waals surface area contributed by atoms with Crippen molar-refractivity contribution < 1.29 is 4.79 Å². The van der Waals surface area contributed by atoms with Crippen molar-refractivity contribution in [1.29, 1.82) is 0 Å². The Morgan fingerprint density at radius 2 is 1.93 bits per heavy atom. The van der Waals surface area contributed by atoms with Crippen molar-refractivity contribution in [2.75, 3.05) is 19.6 Å². The molecule has 0 radical (unpaired) electrons. The topological polar surface area (TPSA) is 63.1 Å². The molecule has 152 valence electrons. The first-order valence-corrected chi connectivity index (χ1v) is 10.5. The number of aryl methyl sites for hydroxylation is 1. The van der Waals surface area contributed by atoms with E-state index in [2.05, 4.69) is 69.2 Å². The predicted molar refractivity (Wildman–Crippen MR) is 111 cm³/mol. The van der Waals surface area contributed by atoms with E-state index in [-0.39, 0.29) is 11.9 Å². The van der Waals surface area contributed by atoms with E-state index in [0.29, 0.717) is 5.92 Å². The van der Waals surface area contributed by atoms with E-state index in [1.807, 2.05) is 0 Å². The zero-order valence-electron chi connectivity index (χ0n) is 17.4. The van der Waals surface area contributed by atoms with Crippen LogP contribution in [0, 0.1) is 5.92 Å². The molecule has 2 aromatic rings. The van der Waals surface area contributed by atoms with Gasteiger partial charge in [0, 0.05) is 33.0 Å². The van der Waals surface area contributed by atoms with E-state index in [4.69, 9.17) is 0 Å². The molecule has 0 saturated heterocycles. The summed E-state index contributed by atoms with van der Waals surface area (Å²) in [5.74, 6) is 2.41. The number of nitrogens with one attached hydrogen (secondary N) is 1. The van der Waals surface area contributed by atoms with Crippen LogP contribution in [-0.4, -0.2) is 45.2 Å². The first-order chi connectivity index (χ1) is 13.5. The SMILES string of the molecule is CC(=O)NC(CC(C)C)c1nnc2n1CCN(CCCc1ccccc1)CC2. The number of hydrogen-bond donors (Lipinski definition) is 1. The first-order valence-electron chi connectivity index (χ1n) is 10.5. The van der Waals surface area contributed by atoms with Gasteiger partial charge in [-0.15, -0.1) is 10.2 Å². The number of nitrogens with zero attached hydrogens (tertiary/aromatic N) is 4. The number of hydrogen-bond acceptors (Lipinski definition) is 4. The van der Waals surface area contributed by atoms with Crippen LogP contribution in [0.5, 0.6) is 0 Å². The Morgan fingerprint density at radius 3 is 2.64 bits per heavy atom. The molecule has 0 fully saturated rings. The molecule has 2 heterocycles. The van der Waals surface area contributed by atoms with E-state index in [9.17, 15) is 4.79 Å². The first kappa shape index (κ1) is 20.5. The van der Waals surface area contributed by atoms with Crippen molar-refractivity contribution in [2.24, 2.45) is 5.92 Å². The standard InChI is InChI=1S/C22H33N5O/c1-17(2)16-20(23-18(3)28)22-25-24-21-11-13-26(14-15-27(21)22)12-7-10-19-8-5-4-6-9-19/h4-6,8-9,17,20H,7,10-16H2,1-3H3,(H,23,28). The molecule has 6 heteroatoms. The van der Waals surface area contributed by atoms with Gasteiger partial charge in [0.2, 0.25) is 5.91 Å². The van der Waals surface area contributed by atoms with Crippen molar-refractivity contribution in [3.63, 3.8) is 0 Å². The minimum atomic E-state index is -0.0663. The Labute approximate surface area is 168 Å². The largest absolute Gasteiger partial charge is 0.346 e. The van der Waals surface area contributed by atoms with Crippen molar-refractivity contribution in [1.82, 2.24) is 25.0 Å². The van der Waals surface area contributed by atoms with Crippen LogP contribution in [0.25, 0.3) is 0 Å². The Morgan fingerprint density at radius 1 is 1.14 bits per heavy atom. The van der Waals surface area contributed by atoms with Crippen molar-refractivity contribution in [3.8, 4) is 0 Å². The average molecular weight is 384 g/mol. The zero-order chi connectivity index (χ0) is 19.9. The van der Waals surface area contributed by atoms with Gasteiger partial charge in [-0.25, -0.2) is 0 Å². The average Bonchev–Trinajstić information content (AvgIpc) is 2.95. The highest BCUT2D eigenvalue weighted by molar-refractivity contribution is 5.73. The minimum absolute atomic E-state index is 0.0147. The van der Waals surface area contributed by atoms with Gasteiger partial charge in [0.05, 0.1) is 6.04 Å². The molecule has 1 amide bonds. The normalized spacial score (nSPS) is 15.9. The highest BCUT2D eigenvalue weighted by atomic mass is 16.1. The van der Waals surface area contributed by atoms with Gasteiger partial charge in [-0.1, -0.05) is 44.2 Å². The lowest BCUT2D eigenvalue weighted by molar-refractivity contribution is -0.119. The van der Waals surface area contributed by atoms with E-state index in [0.717, 1.165) is 57.1 Å². The van der Waals surface area contributed by atoms with E-state index in [1.54, 1.807) is 6.92 Å². The van der Waals surface area contributed by atoms with Gasteiger partial charge in [0.25, 0.3) is 0 Å². The second-order valence-electron chi connectivity index (χ2n) is 8.19. The van der Waals surface area contributed by atoms with Crippen LogP contribution in [0.3, 0.4) is 0 Å². The number of rotatable bonds is 8. The fraction of sp³-hybridized carbons (Fsp3) is 0.591. The molecule has 1 aliphatic heterocycles. The Bertz CT molecular complexity index is 756. The molecule has 1 N–H and O–H groups in total. The number of carbonyl (C=O) groups excluding carboxylic acids is 1. The molecule has 1 unspecified atom stereocenters. The maximum atomic E-state index is 11.7. The smallest absolute Gasteiger partial charge is 0.217 e. The molecule has 0 aliphatic carbocycles. The summed E-state index contributed by atoms with van der Waals surface area (Å²) >= 11 is 0. The van der Waals surface area contributed by atoms with Crippen molar-refractivity contribution in [2.45, 2.75) is 59.0 Å². The molecule has 3 rings (SSSR count). The van der Waals surface area contributed by atoms with Crippen LogP contribution in [0.15, 0.2) is 30.3 Å². The summed E-state index contributed by atoms with van der Waals surface area (Å²) in [5, 5.41) is 12.0. The monoisotopic (exact) mass is 383 g/mol. The summed E-state index contributed by atoms with van der Waals surface area (Å²) in [7, 11) is 0. The lowest BCUT2D eigenvalue weighted by Gasteiger charge is -2.22. The summed E-state index contributed by atoms with van der Waals surface area (Å²) in [6.07, 6.45) is 4.07. The van der Waals surface area contributed by atoms with Crippen LogP contribution in [0.2, 0.25) is 0 Å². The van der Waals surface area contributed by atoms with Gasteiger partial charge in [-0.3, -0.25) is 4.79 Å². The molecule has 1 aromatic carbocycles. The molecule has 0 spiro atoms. The van der Waals surface area contributed by atoms with Crippen LogP contribution in [0.4, 0.5) is 0 Å². The Kier molecular flexibility index (Phi) is 7.20. The molecule has 0 bridgehead atoms. The van der Waals surface area contributed by atoms with Gasteiger partial charge in [0.1, 0.15) is 5.82 Å². The lowest BCUT2D eigenvalue weighted by atomic mass is 10.0. The maximum Gasteiger partial charge on any atom is 0.217 e. The van der Waals surface area contributed by atoms with Crippen molar-refractivity contribution in [3.05, 3.63) is 47.5 Å². The quantitative estimate of drug-likeness (QED) is 0.761. The maximum absolute atomic E-state index is 11.7. The number of fused-ring (bicyclic) bond motifs is 1. The second-order valence-corrected chi connectivity index (χ2v) is 8.19. The third-order valence-corrected chi connectivity index (χ3v) is 5.33. The van der Waals surface area contributed by atoms with E-state index >= 15 is 0 Å². The highest BCUT2D eigenvalue weighted by Gasteiger charge is 2.25. The van der Waals surface area contributed by atoms with Gasteiger partial charge in [0.15, 0.2) is 5.82 Å². The van der Waals surface area contributed by atoms with E-state index in [1.165, 1.54) is 12.0 Å². The van der Waals surface area contributed by atoms with Crippen LogP contribution < -0.4 is 5.32 Å². The van der Waals surface area contributed by atoms with Gasteiger partial charge >= 0.3 is 0 Å². The molecule has 6 nitrogen and oxygen atoms in total. The van der Waals surface area contributed by atoms with Crippen LogP contribution >= 0.6 is 0 Å². The Balaban J connectivity index is 1.59.